The number of aryl methyl sites for hydroxylation is 1. The number of nitrogens with two attached hydrogens (primary N) is 1. The Bertz CT molecular complexity index is 1050. The van der Waals surface area contributed by atoms with Gasteiger partial charge in [0.05, 0.1) is 12.9 Å². The molecule has 1 aromatic carbocycles. The number of hydrogen-bond acceptors (Lipinski definition) is 5. The van der Waals surface area contributed by atoms with E-state index < -0.39 is 0 Å². The maximum atomic E-state index is 6.30. The first-order chi connectivity index (χ1) is 12.5. The molecular formula is C18H14Cl2N6. The van der Waals surface area contributed by atoms with Gasteiger partial charge in [0.1, 0.15) is 0 Å². The number of rotatable bonds is 3. The van der Waals surface area contributed by atoms with E-state index in [4.69, 9.17) is 28.9 Å². The Morgan fingerprint density at radius 1 is 1.12 bits per heavy atom. The Hall–Kier alpha value is -2.70. The van der Waals surface area contributed by atoms with Crippen molar-refractivity contribution in [1.82, 2.24) is 24.5 Å². The predicted molar refractivity (Wildman–Crippen MR) is 102 cm³/mol. The van der Waals surface area contributed by atoms with Crippen LogP contribution in [0.25, 0.3) is 22.9 Å². The van der Waals surface area contributed by atoms with Crippen molar-refractivity contribution in [1.29, 1.82) is 0 Å². The van der Waals surface area contributed by atoms with E-state index in [1.54, 1.807) is 36.9 Å². The lowest BCUT2D eigenvalue weighted by Crippen LogP contribution is -2.09. The van der Waals surface area contributed by atoms with Crippen molar-refractivity contribution in [3.05, 3.63) is 64.2 Å². The summed E-state index contributed by atoms with van der Waals surface area (Å²) >= 11 is 12.6. The lowest BCUT2D eigenvalue weighted by atomic mass is 10.1. The second-order valence-electron chi connectivity index (χ2n) is 5.87. The third-order valence-electron chi connectivity index (χ3n) is 4.16. The van der Waals surface area contributed by atoms with Gasteiger partial charge >= 0.3 is 0 Å². The van der Waals surface area contributed by atoms with Gasteiger partial charge in [0.2, 0.25) is 0 Å². The molecular weight excluding hydrogens is 371 g/mol. The maximum absolute atomic E-state index is 6.30. The fraction of sp³-hybridized carbons (Fsp3) is 0.111. The van der Waals surface area contributed by atoms with E-state index in [9.17, 15) is 0 Å². The number of halogens is 2. The Morgan fingerprint density at radius 2 is 1.88 bits per heavy atom. The number of anilines is 1. The third kappa shape index (κ3) is 2.87. The molecule has 2 aliphatic rings. The van der Waals surface area contributed by atoms with E-state index in [2.05, 4.69) is 19.9 Å². The Morgan fingerprint density at radius 3 is 2.62 bits per heavy atom. The molecule has 1 aromatic heterocycles. The van der Waals surface area contributed by atoms with Gasteiger partial charge in [-0.3, -0.25) is 4.98 Å². The van der Waals surface area contributed by atoms with Crippen molar-refractivity contribution in [3.8, 4) is 22.9 Å². The standard InChI is InChI=1S/C18H14Cl2N6/c1-10-5-6-22-7-11(10)17-24-15-16(21)23-9-26(18(15)25-17)8-12-13(19)3-2-4-14(12)20/h2-7,9H,8,21H2,1H3. The summed E-state index contributed by atoms with van der Waals surface area (Å²) in [6, 6.07) is 7.31. The molecule has 0 amide bonds. The van der Waals surface area contributed by atoms with Gasteiger partial charge in [-0.1, -0.05) is 29.3 Å². The van der Waals surface area contributed by atoms with Crippen LogP contribution < -0.4 is 5.73 Å². The highest BCUT2D eigenvalue weighted by Crippen LogP contribution is 2.31. The van der Waals surface area contributed by atoms with Crippen molar-refractivity contribution < 1.29 is 0 Å². The number of aromatic nitrogens is 5. The smallest absolute Gasteiger partial charge is 0.166 e. The number of hydrogen-bond donors (Lipinski definition) is 1. The van der Waals surface area contributed by atoms with Crippen molar-refractivity contribution >= 4 is 29.0 Å². The molecule has 2 aromatic rings. The summed E-state index contributed by atoms with van der Waals surface area (Å²) in [5.41, 5.74) is 9.22. The van der Waals surface area contributed by atoms with Crippen LogP contribution in [-0.2, 0) is 6.54 Å². The molecule has 0 atom stereocenters. The first kappa shape index (κ1) is 16.8. The van der Waals surface area contributed by atoms with Crippen LogP contribution in [0.2, 0.25) is 10.0 Å². The second kappa shape index (κ2) is 6.55. The van der Waals surface area contributed by atoms with Crippen LogP contribution in [0.5, 0.6) is 0 Å². The molecule has 8 heteroatoms. The van der Waals surface area contributed by atoms with Crippen molar-refractivity contribution in [3.63, 3.8) is 0 Å². The molecule has 26 heavy (non-hydrogen) atoms. The highest BCUT2D eigenvalue weighted by molar-refractivity contribution is 6.35. The average molecular weight is 385 g/mol. The number of pyridine rings is 1. The van der Waals surface area contributed by atoms with E-state index in [-0.39, 0.29) is 0 Å². The van der Waals surface area contributed by atoms with Gasteiger partial charge in [-0.15, -0.1) is 0 Å². The number of nitrogen functional groups attached to an aromatic ring is 1. The molecule has 2 N–H and O–H groups in total. The quantitative estimate of drug-likeness (QED) is 0.575. The molecule has 6 nitrogen and oxygen atoms in total. The molecule has 130 valence electrons. The SMILES string of the molecule is Cc1ccncc1-c1nc2c(N)ncn(Cc3c(Cl)cccc3Cl)c-2n1. The van der Waals surface area contributed by atoms with Gasteiger partial charge in [0, 0.05) is 33.6 Å². The van der Waals surface area contributed by atoms with Gasteiger partial charge < -0.3 is 10.3 Å². The summed E-state index contributed by atoms with van der Waals surface area (Å²) < 4.78 is 1.83. The van der Waals surface area contributed by atoms with Crippen LogP contribution >= 0.6 is 23.2 Å². The molecule has 0 saturated carbocycles. The van der Waals surface area contributed by atoms with Gasteiger partial charge in [0.15, 0.2) is 23.2 Å². The second-order valence-corrected chi connectivity index (χ2v) is 6.68. The molecule has 2 aliphatic heterocycles. The van der Waals surface area contributed by atoms with Gasteiger partial charge in [-0.05, 0) is 30.7 Å². The number of benzene rings is 1. The summed E-state index contributed by atoms with van der Waals surface area (Å²) in [7, 11) is 0. The van der Waals surface area contributed by atoms with E-state index in [1.807, 2.05) is 17.6 Å². The van der Waals surface area contributed by atoms with Crippen LogP contribution in [0.4, 0.5) is 5.82 Å². The lowest BCUT2D eigenvalue weighted by Gasteiger charge is -2.13. The molecule has 0 radical (unpaired) electrons. The van der Waals surface area contributed by atoms with Crippen molar-refractivity contribution in [2.75, 3.05) is 5.73 Å². The highest BCUT2D eigenvalue weighted by Gasteiger charge is 2.21. The number of imidazole rings is 1. The third-order valence-corrected chi connectivity index (χ3v) is 4.87. The zero-order chi connectivity index (χ0) is 18.3. The number of nitrogens with zero attached hydrogens (tertiary/aromatic N) is 5. The van der Waals surface area contributed by atoms with E-state index in [1.165, 1.54) is 0 Å². The molecule has 0 bridgehead atoms. The number of fused-ring (bicyclic) bond motifs is 1. The molecule has 0 unspecified atom stereocenters. The molecule has 4 rings (SSSR count). The van der Waals surface area contributed by atoms with Gasteiger partial charge in [-0.2, -0.15) is 0 Å². The Kier molecular flexibility index (Phi) is 4.22. The molecule has 3 heterocycles. The minimum absolute atomic E-state index is 0.321. The average Bonchev–Trinajstić information content (AvgIpc) is 3.07. The fourth-order valence-corrected chi connectivity index (χ4v) is 3.26. The molecule has 0 spiro atoms. The largest absolute Gasteiger partial charge is 0.382 e. The van der Waals surface area contributed by atoms with E-state index >= 15 is 0 Å². The van der Waals surface area contributed by atoms with Crippen LogP contribution in [-0.4, -0.2) is 24.5 Å². The fourth-order valence-electron chi connectivity index (χ4n) is 2.74. The van der Waals surface area contributed by atoms with Crippen LogP contribution in [0.3, 0.4) is 0 Å². The molecule has 0 aliphatic carbocycles. The van der Waals surface area contributed by atoms with Crippen LogP contribution in [0.1, 0.15) is 11.1 Å². The van der Waals surface area contributed by atoms with Crippen molar-refractivity contribution in [2.45, 2.75) is 13.5 Å². The Labute approximate surface area is 160 Å². The summed E-state index contributed by atoms with van der Waals surface area (Å²) in [5.74, 6) is 1.50. The van der Waals surface area contributed by atoms with E-state index in [0.717, 1.165) is 16.7 Å². The van der Waals surface area contributed by atoms with Crippen LogP contribution in [0.15, 0.2) is 43.0 Å². The molecule has 0 fully saturated rings. The lowest BCUT2D eigenvalue weighted by molar-refractivity contribution is 0.763. The summed E-state index contributed by atoms with van der Waals surface area (Å²) in [6.45, 7) is 2.39. The highest BCUT2D eigenvalue weighted by atomic mass is 35.5. The van der Waals surface area contributed by atoms with Gasteiger partial charge in [-0.25, -0.2) is 15.0 Å². The summed E-state index contributed by atoms with van der Waals surface area (Å²) in [5, 5.41) is 1.16. The first-order valence-corrected chi connectivity index (χ1v) is 8.62. The van der Waals surface area contributed by atoms with E-state index in [0.29, 0.717) is 39.8 Å². The summed E-state index contributed by atoms with van der Waals surface area (Å²) in [4.78, 5) is 17.6. The molecule has 0 saturated heterocycles. The zero-order valence-corrected chi connectivity index (χ0v) is 15.3. The zero-order valence-electron chi connectivity index (χ0n) is 13.8. The Balaban J connectivity index is 1.85. The monoisotopic (exact) mass is 384 g/mol. The topological polar surface area (TPSA) is 82.5 Å². The van der Waals surface area contributed by atoms with Crippen LogP contribution in [0, 0.1) is 6.92 Å². The normalized spacial score (nSPS) is 11.2. The summed E-state index contributed by atoms with van der Waals surface area (Å²) in [6.07, 6.45) is 5.09. The van der Waals surface area contributed by atoms with Crippen molar-refractivity contribution in [2.24, 2.45) is 0 Å². The maximum Gasteiger partial charge on any atom is 0.166 e. The minimum atomic E-state index is 0.321. The predicted octanol–water partition coefficient (Wildman–Crippen LogP) is 4.09. The minimum Gasteiger partial charge on any atom is -0.382 e. The van der Waals surface area contributed by atoms with Gasteiger partial charge in [0.25, 0.3) is 0 Å². The first-order valence-electron chi connectivity index (χ1n) is 7.87.